The zero-order valence-electron chi connectivity index (χ0n) is 40.7. The molecule has 14 heteroatoms. The monoisotopic (exact) mass is 938 g/mol. The molecule has 0 aromatic heterocycles. The molecule has 64 heavy (non-hydrogen) atoms. The highest BCUT2D eigenvalue weighted by molar-refractivity contribution is 7.80. The molecule has 1 aliphatic rings. The third-order valence-electron chi connectivity index (χ3n) is 13.0. The van der Waals surface area contributed by atoms with Gasteiger partial charge in [0.1, 0.15) is 30.5 Å². The quantitative estimate of drug-likeness (QED) is 0.0224. The Morgan fingerprint density at radius 2 is 0.906 bits per heavy atom. The lowest BCUT2D eigenvalue weighted by atomic mass is 9.99. The van der Waals surface area contributed by atoms with Crippen LogP contribution in [0.4, 0.5) is 0 Å². The number of nitrogens with one attached hydrogen (secondary N) is 1. The molecule has 1 saturated heterocycles. The molecular weight excluding hydrogens is 839 g/mol. The highest BCUT2D eigenvalue weighted by atomic mass is 32.3. The SMILES string of the molecule is CCCCCCCCCCCCCCCCCCCCCC(O)C(=O)NC(COC1OC(CO)C(O)C(OS(=O)(=O)O)C1O)C(O)CCCCCCCCCCCCCCCCCC. The van der Waals surface area contributed by atoms with Crippen LogP contribution in [0.5, 0.6) is 0 Å². The Hall–Kier alpha value is -0.940. The fourth-order valence-electron chi connectivity index (χ4n) is 8.82. The van der Waals surface area contributed by atoms with Gasteiger partial charge in [0.25, 0.3) is 0 Å². The summed E-state index contributed by atoms with van der Waals surface area (Å²) in [7, 11) is -5.11. The van der Waals surface area contributed by atoms with E-state index in [0.29, 0.717) is 19.3 Å². The third-order valence-corrected chi connectivity index (χ3v) is 13.5. The fourth-order valence-corrected chi connectivity index (χ4v) is 9.33. The van der Waals surface area contributed by atoms with Crippen LogP contribution < -0.4 is 5.32 Å². The standard InChI is InChI=1S/C50H99NO12S/c1-3-5-7-9-11-13-15-17-19-21-22-23-25-27-29-31-33-35-37-39-44(54)49(57)51-42(41-61-50-47(56)48(63-64(58,59)60)46(55)45(40-52)62-50)43(53)38-36-34-32-30-28-26-24-20-18-16-14-12-10-8-6-4-2/h42-48,50,52-56H,3-41H2,1-2H3,(H,51,57)(H,58,59,60). The minimum Gasteiger partial charge on any atom is -0.394 e. The van der Waals surface area contributed by atoms with Crippen molar-refractivity contribution in [1.82, 2.24) is 5.32 Å². The first-order valence-corrected chi connectivity index (χ1v) is 27.9. The van der Waals surface area contributed by atoms with E-state index in [1.54, 1.807) is 0 Å². The lowest BCUT2D eigenvalue weighted by molar-refractivity contribution is -0.298. The summed E-state index contributed by atoms with van der Waals surface area (Å²) in [5, 5.41) is 55.6. The molecule has 0 aliphatic carbocycles. The van der Waals surface area contributed by atoms with E-state index >= 15 is 0 Å². The second-order valence-corrected chi connectivity index (χ2v) is 20.0. The Bertz CT molecular complexity index is 1170. The van der Waals surface area contributed by atoms with E-state index in [0.717, 1.165) is 38.5 Å². The van der Waals surface area contributed by atoms with E-state index < -0.39 is 78.5 Å². The number of carbonyl (C=O) groups excluding carboxylic acids is 1. The second-order valence-electron chi connectivity index (χ2n) is 19.0. The summed E-state index contributed by atoms with van der Waals surface area (Å²) in [4.78, 5) is 13.2. The highest BCUT2D eigenvalue weighted by Crippen LogP contribution is 2.26. The first kappa shape index (κ1) is 61.1. The maximum atomic E-state index is 13.2. The van der Waals surface area contributed by atoms with Gasteiger partial charge in [-0.3, -0.25) is 9.35 Å². The summed E-state index contributed by atoms with van der Waals surface area (Å²) >= 11 is 0. The number of unbranched alkanes of at least 4 members (excludes halogenated alkanes) is 33. The van der Waals surface area contributed by atoms with Crippen LogP contribution >= 0.6 is 0 Å². The smallest absolute Gasteiger partial charge is 0.394 e. The van der Waals surface area contributed by atoms with Crippen LogP contribution in [0, 0.1) is 0 Å². The minimum absolute atomic E-state index is 0.267. The number of amides is 1. The van der Waals surface area contributed by atoms with Gasteiger partial charge in [-0.25, -0.2) is 4.18 Å². The van der Waals surface area contributed by atoms with Crippen molar-refractivity contribution in [2.75, 3.05) is 13.2 Å². The van der Waals surface area contributed by atoms with Gasteiger partial charge in [0.05, 0.1) is 25.4 Å². The molecular formula is C50H99NO12S. The van der Waals surface area contributed by atoms with Gasteiger partial charge in [0.2, 0.25) is 5.91 Å². The van der Waals surface area contributed by atoms with Crippen LogP contribution in [-0.2, 0) is 28.9 Å². The second kappa shape index (κ2) is 41.1. The van der Waals surface area contributed by atoms with E-state index in [9.17, 15) is 43.3 Å². The van der Waals surface area contributed by atoms with Crippen LogP contribution in [0.3, 0.4) is 0 Å². The number of aliphatic hydroxyl groups is 5. The van der Waals surface area contributed by atoms with Crippen LogP contribution in [0.15, 0.2) is 0 Å². The predicted molar refractivity (Wildman–Crippen MR) is 256 cm³/mol. The fraction of sp³-hybridized carbons (Fsp3) is 0.980. The topological polar surface area (TPSA) is 212 Å². The number of hydrogen-bond acceptors (Lipinski definition) is 11. The average molecular weight is 938 g/mol. The predicted octanol–water partition coefficient (Wildman–Crippen LogP) is 10.3. The third kappa shape index (κ3) is 32.7. The van der Waals surface area contributed by atoms with Gasteiger partial charge >= 0.3 is 10.4 Å². The van der Waals surface area contributed by atoms with Crippen LogP contribution in [0.1, 0.15) is 251 Å². The zero-order valence-corrected chi connectivity index (χ0v) is 41.6. The summed E-state index contributed by atoms with van der Waals surface area (Å²) in [6, 6.07) is -1.03. The summed E-state index contributed by atoms with van der Waals surface area (Å²) in [6.07, 6.45) is 32.8. The Morgan fingerprint density at radius 3 is 1.25 bits per heavy atom. The van der Waals surface area contributed by atoms with Gasteiger partial charge in [-0.1, -0.05) is 239 Å². The van der Waals surface area contributed by atoms with Crippen molar-refractivity contribution in [3.8, 4) is 0 Å². The number of aliphatic hydroxyl groups excluding tert-OH is 5. The van der Waals surface area contributed by atoms with Crippen molar-refractivity contribution < 1.29 is 57.0 Å². The molecule has 1 rings (SSSR count). The number of hydrogen-bond donors (Lipinski definition) is 7. The minimum atomic E-state index is -5.11. The molecule has 1 aliphatic heterocycles. The molecule has 1 amide bonds. The Kier molecular flexibility index (Phi) is 39.2. The average Bonchev–Trinajstić information content (AvgIpc) is 3.27. The van der Waals surface area contributed by atoms with Crippen molar-refractivity contribution in [2.45, 2.75) is 300 Å². The molecule has 0 bridgehead atoms. The summed E-state index contributed by atoms with van der Waals surface area (Å²) in [5.41, 5.74) is 0. The molecule has 8 atom stereocenters. The van der Waals surface area contributed by atoms with Crippen molar-refractivity contribution in [3.05, 3.63) is 0 Å². The summed E-state index contributed by atoms with van der Waals surface area (Å²) in [5.74, 6) is -0.664. The summed E-state index contributed by atoms with van der Waals surface area (Å²) in [6.45, 7) is 3.32. The van der Waals surface area contributed by atoms with E-state index in [1.807, 2.05) is 0 Å². The van der Waals surface area contributed by atoms with Gasteiger partial charge in [0.15, 0.2) is 6.29 Å². The van der Waals surface area contributed by atoms with Crippen molar-refractivity contribution >= 4 is 16.3 Å². The van der Waals surface area contributed by atoms with E-state index in [4.69, 9.17) is 9.47 Å². The van der Waals surface area contributed by atoms with Gasteiger partial charge in [-0.15, -0.1) is 0 Å². The van der Waals surface area contributed by atoms with Crippen molar-refractivity contribution in [2.24, 2.45) is 0 Å². The van der Waals surface area contributed by atoms with Crippen molar-refractivity contribution in [3.63, 3.8) is 0 Å². The van der Waals surface area contributed by atoms with E-state index in [2.05, 4.69) is 23.3 Å². The first-order valence-electron chi connectivity index (χ1n) is 26.5. The molecule has 0 aromatic rings. The molecule has 382 valence electrons. The largest absolute Gasteiger partial charge is 0.397 e. The maximum absolute atomic E-state index is 13.2. The molecule has 13 nitrogen and oxygen atoms in total. The van der Waals surface area contributed by atoms with Crippen molar-refractivity contribution in [1.29, 1.82) is 0 Å². The Labute approximate surface area is 390 Å². The molecule has 7 N–H and O–H groups in total. The van der Waals surface area contributed by atoms with E-state index in [1.165, 1.54) is 173 Å². The first-order chi connectivity index (χ1) is 30.9. The van der Waals surface area contributed by atoms with Crippen LogP contribution in [0.2, 0.25) is 0 Å². The van der Waals surface area contributed by atoms with E-state index in [-0.39, 0.29) is 6.42 Å². The molecule has 1 fully saturated rings. The van der Waals surface area contributed by atoms with Crippen LogP contribution in [0.25, 0.3) is 0 Å². The van der Waals surface area contributed by atoms with Crippen LogP contribution in [-0.4, -0.2) is 107 Å². The zero-order chi connectivity index (χ0) is 47.1. The van der Waals surface area contributed by atoms with Gasteiger partial charge < -0.3 is 40.3 Å². The summed E-state index contributed by atoms with van der Waals surface area (Å²) < 4.78 is 47.7. The Morgan fingerprint density at radius 1 is 0.562 bits per heavy atom. The lowest BCUT2D eigenvalue weighted by Gasteiger charge is -2.41. The number of ether oxygens (including phenoxy) is 2. The molecule has 8 unspecified atom stereocenters. The number of rotatable bonds is 46. The Balaban J connectivity index is 2.46. The molecule has 1 heterocycles. The van der Waals surface area contributed by atoms with Gasteiger partial charge in [-0.05, 0) is 12.8 Å². The van der Waals surface area contributed by atoms with Gasteiger partial charge in [0, 0.05) is 0 Å². The molecule has 0 spiro atoms. The lowest BCUT2D eigenvalue weighted by Crippen LogP contribution is -2.61. The normalized spacial score (nSPS) is 20.7. The molecule has 0 aromatic carbocycles. The molecule has 0 radical (unpaired) electrons. The van der Waals surface area contributed by atoms with Gasteiger partial charge in [-0.2, -0.15) is 8.42 Å². The molecule has 0 saturated carbocycles. The highest BCUT2D eigenvalue weighted by Gasteiger charge is 2.48. The maximum Gasteiger partial charge on any atom is 0.397 e. The number of carbonyl (C=O) groups is 1.